The quantitative estimate of drug-likeness (QED) is 0.816. The number of ether oxygens (including phenoxy) is 1. The number of methoxy groups -OCH3 is 1. The molecule has 0 heterocycles. The van der Waals surface area contributed by atoms with Gasteiger partial charge < -0.3 is 15.8 Å². The molecule has 0 saturated carbocycles. The van der Waals surface area contributed by atoms with Crippen LogP contribution < -0.4 is 11.1 Å². The molecule has 1 atom stereocenters. The summed E-state index contributed by atoms with van der Waals surface area (Å²) in [5, 5.41) is 2.86. The number of hydrogen-bond acceptors (Lipinski definition) is 3. The average molecular weight is 236 g/mol. The molecule has 4 nitrogen and oxygen atoms in total. The van der Waals surface area contributed by atoms with Gasteiger partial charge in [-0.1, -0.05) is 17.7 Å². The molecule has 0 aliphatic carbocycles. The van der Waals surface area contributed by atoms with Crippen molar-refractivity contribution in [1.29, 1.82) is 0 Å². The van der Waals surface area contributed by atoms with Crippen LogP contribution in [0, 0.1) is 13.8 Å². The Morgan fingerprint density at radius 2 is 2.18 bits per heavy atom. The first-order chi connectivity index (χ1) is 8.06. The van der Waals surface area contributed by atoms with Crippen molar-refractivity contribution in [2.24, 2.45) is 5.73 Å². The van der Waals surface area contributed by atoms with Crippen molar-refractivity contribution in [3.8, 4) is 0 Å². The van der Waals surface area contributed by atoms with E-state index in [1.807, 2.05) is 32.0 Å². The molecule has 1 rings (SSSR count). The van der Waals surface area contributed by atoms with E-state index in [9.17, 15) is 4.79 Å². The number of carbonyl (C=O) groups is 1. The molecular formula is C13H20N2O2. The lowest BCUT2D eigenvalue weighted by molar-refractivity contribution is -0.118. The largest absolute Gasteiger partial charge is 0.380 e. The third-order valence-electron chi connectivity index (χ3n) is 2.67. The first kappa shape index (κ1) is 13.7. The van der Waals surface area contributed by atoms with Gasteiger partial charge >= 0.3 is 0 Å². The third-order valence-corrected chi connectivity index (χ3v) is 2.67. The second-order valence-electron chi connectivity index (χ2n) is 4.16. The Morgan fingerprint density at radius 3 is 2.71 bits per heavy atom. The molecular weight excluding hydrogens is 216 g/mol. The Kier molecular flexibility index (Phi) is 5.12. The Bertz CT molecular complexity index is 387. The number of anilines is 1. The molecule has 3 N–H and O–H groups in total. The smallest absolute Gasteiger partial charge is 0.227 e. The Hall–Kier alpha value is -1.39. The van der Waals surface area contributed by atoms with Crippen LogP contribution in [0.2, 0.25) is 0 Å². The van der Waals surface area contributed by atoms with Crippen molar-refractivity contribution >= 4 is 11.6 Å². The van der Waals surface area contributed by atoms with Gasteiger partial charge in [0, 0.05) is 19.3 Å². The van der Waals surface area contributed by atoms with E-state index in [2.05, 4.69) is 5.32 Å². The molecule has 0 fully saturated rings. The number of carbonyl (C=O) groups excluding carboxylic acids is 1. The highest BCUT2D eigenvalue weighted by molar-refractivity contribution is 5.91. The minimum atomic E-state index is -0.222. The van der Waals surface area contributed by atoms with Crippen LogP contribution in [0.5, 0.6) is 0 Å². The van der Waals surface area contributed by atoms with E-state index in [-0.39, 0.29) is 18.4 Å². The van der Waals surface area contributed by atoms with Gasteiger partial charge in [0.25, 0.3) is 0 Å². The van der Waals surface area contributed by atoms with Crippen LogP contribution in [-0.2, 0) is 9.53 Å². The maximum atomic E-state index is 11.7. The molecule has 1 aromatic rings. The number of nitrogens with two attached hydrogens (primary N) is 1. The summed E-state index contributed by atoms with van der Waals surface area (Å²) in [5.41, 5.74) is 8.54. The van der Waals surface area contributed by atoms with Gasteiger partial charge in [0.1, 0.15) is 0 Å². The number of aryl methyl sites for hydroxylation is 2. The van der Waals surface area contributed by atoms with Gasteiger partial charge in [-0.15, -0.1) is 0 Å². The zero-order valence-corrected chi connectivity index (χ0v) is 10.6. The molecule has 0 aliphatic rings. The Morgan fingerprint density at radius 1 is 1.47 bits per heavy atom. The average Bonchev–Trinajstić information content (AvgIpc) is 2.29. The van der Waals surface area contributed by atoms with Gasteiger partial charge in [0.2, 0.25) is 5.91 Å². The summed E-state index contributed by atoms with van der Waals surface area (Å²) >= 11 is 0. The summed E-state index contributed by atoms with van der Waals surface area (Å²) < 4.78 is 5.07. The summed E-state index contributed by atoms with van der Waals surface area (Å²) in [5.74, 6) is -0.0748. The summed E-state index contributed by atoms with van der Waals surface area (Å²) in [7, 11) is 1.56. The Balaban J connectivity index is 2.62. The fraction of sp³-hybridized carbons (Fsp3) is 0.462. The van der Waals surface area contributed by atoms with Crippen molar-refractivity contribution in [3.63, 3.8) is 0 Å². The van der Waals surface area contributed by atoms with E-state index >= 15 is 0 Å². The molecule has 0 saturated heterocycles. The molecule has 17 heavy (non-hydrogen) atoms. The fourth-order valence-electron chi connectivity index (χ4n) is 1.62. The van der Waals surface area contributed by atoms with Crippen molar-refractivity contribution in [2.45, 2.75) is 26.4 Å². The van der Waals surface area contributed by atoms with Crippen LogP contribution in [0.25, 0.3) is 0 Å². The fourth-order valence-corrected chi connectivity index (χ4v) is 1.62. The molecule has 1 amide bonds. The molecule has 1 unspecified atom stereocenters. The van der Waals surface area contributed by atoms with Crippen molar-refractivity contribution in [3.05, 3.63) is 29.3 Å². The van der Waals surface area contributed by atoms with Gasteiger partial charge in [-0.3, -0.25) is 4.79 Å². The van der Waals surface area contributed by atoms with E-state index in [1.165, 1.54) is 5.56 Å². The maximum absolute atomic E-state index is 11.7. The van der Waals surface area contributed by atoms with E-state index in [0.717, 1.165) is 11.3 Å². The summed E-state index contributed by atoms with van der Waals surface area (Å²) in [6.45, 7) is 4.34. The number of nitrogens with one attached hydrogen (secondary N) is 1. The topological polar surface area (TPSA) is 64.3 Å². The predicted molar refractivity (Wildman–Crippen MR) is 69.0 cm³/mol. The third kappa shape index (κ3) is 4.17. The minimum absolute atomic E-state index is 0.0748. The lowest BCUT2D eigenvalue weighted by Gasteiger charge is -2.13. The second kappa shape index (κ2) is 6.37. The molecule has 0 aliphatic heterocycles. The van der Waals surface area contributed by atoms with E-state index < -0.39 is 0 Å². The standard InChI is InChI=1S/C13H20N2O2/c1-9-4-5-12(10(2)6-9)15-13(16)7-11(8-14)17-3/h4-6,11H,7-8,14H2,1-3H3,(H,15,16). The Labute approximate surface area is 102 Å². The molecule has 0 bridgehead atoms. The van der Waals surface area contributed by atoms with Crippen molar-refractivity contribution in [1.82, 2.24) is 0 Å². The van der Waals surface area contributed by atoms with E-state index in [0.29, 0.717) is 6.54 Å². The molecule has 94 valence electrons. The lowest BCUT2D eigenvalue weighted by atomic mass is 10.1. The molecule has 1 aromatic carbocycles. The van der Waals surface area contributed by atoms with E-state index in [1.54, 1.807) is 7.11 Å². The van der Waals surface area contributed by atoms with Crippen LogP contribution in [-0.4, -0.2) is 25.7 Å². The monoisotopic (exact) mass is 236 g/mol. The van der Waals surface area contributed by atoms with Gasteiger partial charge in [0.05, 0.1) is 12.5 Å². The molecule has 0 aromatic heterocycles. The van der Waals surface area contributed by atoms with Crippen LogP contribution in [0.1, 0.15) is 17.5 Å². The second-order valence-corrected chi connectivity index (χ2v) is 4.16. The number of rotatable bonds is 5. The predicted octanol–water partition coefficient (Wildman–Crippen LogP) is 1.61. The van der Waals surface area contributed by atoms with Crippen LogP contribution >= 0.6 is 0 Å². The minimum Gasteiger partial charge on any atom is -0.380 e. The summed E-state index contributed by atoms with van der Waals surface area (Å²) in [6.07, 6.45) is 0.0566. The zero-order valence-electron chi connectivity index (χ0n) is 10.6. The highest BCUT2D eigenvalue weighted by atomic mass is 16.5. The number of benzene rings is 1. The SMILES string of the molecule is COC(CN)CC(=O)Nc1ccc(C)cc1C. The molecule has 0 spiro atoms. The lowest BCUT2D eigenvalue weighted by Crippen LogP contribution is -2.28. The maximum Gasteiger partial charge on any atom is 0.227 e. The van der Waals surface area contributed by atoms with Crippen LogP contribution in [0.15, 0.2) is 18.2 Å². The number of hydrogen-bond donors (Lipinski definition) is 2. The summed E-state index contributed by atoms with van der Waals surface area (Å²) in [4.78, 5) is 11.7. The summed E-state index contributed by atoms with van der Waals surface area (Å²) in [6, 6.07) is 5.92. The van der Waals surface area contributed by atoms with Gasteiger partial charge in [-0.2, -0.15) is 0 Å². The highest BCUT2D eigenvalue weighted by Gasteiger charge is 2.12. The van der Waals surface area contributed by atoms with Crippen molar-refractivity contribution < 1.29 is 9.53 Å². The van der Waals surface area contributed by atoms with Crippen molar-refractivity contribution in [2.75, 3.05) is 19.0 Å². The normalized spacial score (nSPS) is 12.2. The van der Waals surface area contributed by atoms with Crippen LogP contribution in [0.4, 0.5) is 5.69 Å². The first-order valence-corrected chi connectivity index (χ1v) is 5.66. The molecule has 0 radical (unpaired) electrons. The van der Waals surface area contributed by atoms with E-state index in [4.69, 9.17) is 10.5 Å². The van der Waals surface area contributed by atoms with Gasteiger partial charge in [0.15, 0.2) is 0 Å². The molecule has 4 heteroatoms. The zero-order chi connectivity index (χ0) is 12.8. The van der Waals surface area contributed by atoms with Gasteiger partial charge in [-0.25, -0.2) is 0 Å². The highest BCUT2D eigenvalue weighted by Crippen LogP contribution is 2.16. The van der Waals surface area contributed by atoms with Crippen LogP contribution in [0.3, 0.4) is 0 Å². The number of amides is 1. The van der Waals surface area contributed by atoms with Gasteiger partial charge in [-0.05, 0) is 25.5 Å². The first-order valence-electron chi connectivity index (χ1n) is 5.66.